The van der Waals surface area contributed by atoms with Crippen LogP contribution < -0.4 is 14.5 Å². The average molecular weight is 627 g/mol. The average Bonchev–Trinajstić information content (AvgIpc) is 3.73. The van der Waals surface area contributed by atoms with Crippen molar-refractivity contribution in [2.24, 2.45) is 5.10 Å². The van der Waals surface area contributed by atoms with Gasteiger partial charge in [0.1, 0.15) is 0 Å². The summed E-state index contributed by atoms with van der Waals surface area (Å²) in [5.74, 6) is 1.15. The van der Waals surface area contributed by atoms with E-state index >= 15 is 0 Å². The van der Waals surface area contributed by atoms with Gasteiger partial charge in [0, 0.05) is 41.6 Å². The number of non-ortho nitro benzene ring substituents is 1. The predicted molar refractivity (Wildman–Crippen MR) is 179 cm³/mol. The summed E-state index contributed by atoms with van der Waals surface area (Å²) < 4.78 is 13.0. The summed E-state index contributed by atoms with van der Waals surface area (Å²) in [6, 6.07) is 29.6. The highest BCUT2D eigenvalue weighted by Crippen LogP contribution is 2.44. The van der Waals surface area contributed by atoms with Crippen molar-refractivity contribution in [1.29, 1.82) is 0 Å². The van der Waals surface area contributed by atoms with Gasteiger partial charge in [0.05, 0.1) is 36.2 Å². The van der Waals surface area contributed by atoms with Gasteiger partial charge in [-0.2, -0.15) is 5.10 Å². The van der Waals surface area contributed by atoms with Crippen molar-refractivity contribution in [1.82, 2.24) is 14.7 Å². The number of hydrogen-bond acceptors (Lipinski definition) is 9. The van der Waals surface area contributed by atoms with Crippen LogP contribution in [-0.2, 0) is 11.2 Å². The number of para-hydroxylation sites is 1. The van der Waals surface area contributed by atoms with E-state index in [1.807, 2.05) is 83.9 Å². The summed E-state index contributed by atoms with van der Waals surface area (Å²) in [5.41, 5.74) is 5.85. The third kappa shape index (κ3) is 5.48. The molecule has 0 fully saturated rings. The Morgan fingerprint density at radius 1 is 0.915 bits per heavy atom. The minimum absolute atomic E-state index is 0.0336. The number of carbonyl (C=O) groups is 1. The maximum Gasteiger partial charge on any atom is 0.269 e. The summed E-state index contributed by atoms with van der Waals surface area (Å²) in [6.07, 6.45) is 5.37. The highest BCUT2D eigenvalue weighted by atomic mass is 16.6. The molecule has 2 aliphatic heterocycles. The maximum absolute atomic E-state index is 14.0. The molecule has 0 radical (unpaired) electrons. The van der Waals surface area contributed by atoms with Crippen LogP contribution in [0.2, 0.25) is 0 Å². The fourth-order valence-corrected chi connectivity index (χ4v) is 6.02. The van der Waals surface area contributed by atoms with E-state index in [1.54, 1.807) is 42.1 Å². The number of amidine groups is 1. The van der Waals surface area contributed by atoms with Crippen molar-refractivity contribution < 1.29 is 19.2 Å². The summed E-state index contributed by atoms with van der Waals surface area (Å²) in [6.45, 7) is 0.524. The maximum atomic E-state index is 14.0. The zero-order valence-corrected chi connectivity index (χ0v) is 25.7. The van der Waals surface area contributed by atoms with E-state index in [1.165, 1.54) is 18.2 Å². The number of hydrogen-bond donors (Lipinski definition) is 0. The molecule has 2 aliphatic rings. The summed E-state index contributed by atoms with van der Waals surface area (Å²) >= 11 is 0. The number of benzene rings is 4. The third-order valence-electron chi connectivity index (χ3n) is 8.32. The Labute approximate surface area is 270 Å². The molecule has 1 aromatic heterocycles. The van der Waals surface area contributed by atoms with Crippen molar-refractivity contribution in [3.05, 3.63) is 136 Å². The van der Waals surface area contributed by atoms with Gasteiger partial charge in [-0.05, 0) is 60.5 Å². The van der Waals surface area contributed by atoms with Crippen molar-refractivity contribution >= 4 is 29.1 Å². The first kappa shape index (κ1) is 29.5. The van der Waals surface area contributed by atoms with E-state index < -0.39 is 11.1 Å². The molecule has 1 atom stereocenters. The molecule has 0 aliphatic carbocycles. The molecule has 0 amide bonds. The normalized spacial score (nSPS) is 15.3. The van der Waals surface area contributed by atoms with Gasteiger partial charge < -0.3 is 14.4 Å². The molecule has 1 unspecified atom stereocenters. The predicted octanol–water partition coefficient (Wildman–Crippen LogP) is 6.44. The number of carbonyl (C=O) groups excluding carboxylic acids is 1. The first-order valence-electron chi connectivity index (χ1n) is 15.0. The van der Waals surface area contributed by atoms with Crippen LogP contribution in [0.4, 0.5) is 11.4 Å². The highest BCUT2D eigenvalue weighted by Gasteiger charge is 2.42. The summed E-state index contributed by atoms with van der Waals surface area (Å²) in [4.78, 5) is 26.9. The van der Waals surface area contributed by atoms with Gasteiger partial charge in [-0.1, -0.05) is 48.5 Å². The van der Waals surface area contributed by atoms with Gasteiger partial charge in [-0.3, -0.25) is 14.9 Å². The number of anilines is 1. The van der Waals surface area contributed by atoms with Gasteiger partial charge in [-0.25, -0.2) is 9.69 Å². The van der Waals surface area contributed by atoms with Crippen molar-refractivity contribution in [3.8, 4) is 28.4 Å². The minimum Gasteiger partial charge on any atom is -0.493 e. The van der Waals surface area contributed by atoms with Gasteiger partial charge in [0.2, 0.25) is 5.78 Å². The topological polar surface area (TPSA) is 115 Å². The quantitative estimate of drug-likeness (QED) is 0.104. The van der Waals surface area contributed by atoms with Crippen LogP contribution in [-0.4, -0.2) is 52.0 Å². The van der Waals surface area contributed by atoms with E-state index in [4.69, 9.17) is 19.7 Å². The molecule has 0 saturated carbocycles. The molecular weight excluding hydrogens is 596 g/mol. The number of aromatic nitrogens is 2. The van der Waals surface area contributed by atoms with Crippen LogP contribution >= 0.6 is 0 Å². The Balaban J connectivity index is 1.27. The van der Waals surface area contributed by atoms with Gasteiger partial charge in [-0.15, -0.1) is 5.10 Å². The number of rotatable bonds is 9. The highest BCUT2D eigenvalue weighted by molar-refractivity contribution is 6.44. The van der Waals surface area contributed by atoms with Gasteiger partial charge in [0.15, 0.2) is 23.5 Å². The Hall–Kier alpha value is -6.23. The van der Waals surface area contributed by atoms with E-state index in [-0.39, 0.29) is 17.3 Å². The summed E-state index contributed by atoms with van der Waals surface area (Å²) in [7, 11) is 3.17. The minimum atomic E-state index is -0.479. The Kier molecular flexibility index (Phi) is 7.70. The number of hydrazone groups is 1. The second kappa shape index (κ2) is 12.3. The number of methoxy groups -OCH3 is 2. The summed E-state index contributed by atoms with van der Waals surface area (Å²) in [5, 5.41) is 22.8. The monoisotopic (exact) mass is 626 g/mol. The number of ether oxygens (including phenoxy) is 2. The molecule has 0 saturated heterocycles. The molecule has 0 bridgehead atoms. The standard InChI is InChI=1S/C36H30N6O5/c1-46-32-21-25-19-20-39-35(38-41(36(39)30(25)22-33(32)47-2)28-14-16-29(17-15-28)42(44)45)31(43)18-13-26-23-40(27-11-7-4-8-12-27)37-34(26)24-9-5-3-6-10-24/h3-18,21-23,36H,19-20H2,1-2H3/b18-13+. The van der Waals surface area contributed by atoms with Crippen molar-refractivity contribution in [2.75, 3.05) is 25.8 Å². The Bertz CT molecular complexity index is 2020. The zero-order valence-electron chi connectivity index (χ0n) is 25.7. The van der Waals surface area contributed by atoms with E-state index in [2.05, 4.69) is 0 Å². The van der Waals surface area contributed by atoms with Crippen LogP contribution in [0, 0.1) is 10.1 Å². The first-order chi connectivity index (χ1) is 22.9. The molecular formula is C36H30N6O5. The molecule has 47 heavy (non-hydrogen) atoms. The number of ketones is 1. The molecule has 11 nitrogen and oxygen atoms in total. The Morgan fingerprint density at radius 2 is 1.60 bits per heavy atom. The lowest BCUT2D eigenvalue weighted by molar-refractivity contribution is -0.384. The second-order valence-electron chi connectivity index (χ2n) is 11.0. The lowest BCUT2D eigenvalue weighted by Crippen LogP contribution is -2.42. The van der Waals surface area contributed by atoms with Crippen LogP contribution in [0.1, 0.15) is 22.9 Å². The van der Waals surface area contributed by atoms with E-state index in [0.717, 1.165) is 33.6 Å². The number of nitro groups is 1. The van der Waals surface area contributed by atoms with Crippen LogP contribution in [0.25, 0.3) is 23.0 Å². The lowest BCUT2D eigenvalue weighted by Gasteiger charge is -2.37. The van der Waals surface area contributed by atoms with Crippen LogP contribution in [0.5, 0.6) is 11.5 Å². The number of fused-ring (bicyclic) bond motifs is 3. The molecule has 0 spiro atoms. The lowest BCUT2D eigenvalue weighted by atomic mass is 9.95. The third-order valence-corrected chi connectivity index (χ3v) is 8.32. The zero-order chi connectivity index (χ0) is 32.5. The molecule has 0 N–H and O–H groups in total. The Morgan fingerprint density at radius 3 is 2.28 bits per heavy atom. The van der Waals surface area contributed by atoms with Crippen molar-refractivity contribution in [2.45, 2.75) is 12.6 Å². The molecule has 11 heteroatoms. The fourth-order valence-electron chi connectivity index (χ4n) is 6.02. The SMILES string of the molecule is COc1cc2c(cc1OC)C1N(CC2)C(C(=O)/C=C/c2cn(-c3ccccc3)nc2-c2ccccc2)=NN1c1ccc([N+](=O)[O-])cc1. The van der Waals surface area contributed by atoms with Crippen molar-refractivity contribution in [3.63, 3.8) is 0 Å². The first-order valence-corrected chi connectivity index (χ1v) is 15.0. The van der Waals surface area contributed by atoms with Crippen LogP contribution in [0.3, 0.4) is 0 Å². The molecule has 5 aromatic rings. The molecule has 234 valence electrons. The van der Waals surface area contributed by atoms with Gasteiger partial charge in [0.25, 0.3) is 5.69 Å². The molecule has 7 rings (SSSR count). The molecule has 3 heterocycles. The van der Waals surface area contributed by atoms with Gasteiger partial charge >= 0.3 is 0 Å². The number of nitrogens with zero attached hydrogens (tertiary/aromatic N) is 6. The van der Waals surface area contributed by atoms with E-state index in [0.29, 0.717) is 30.2 Å². The molecule has 4 aromatic carbocycles. The van der Waals surface area contributed by atoms with Crippen LogP contribution in [0.15, 0.2) is 114 Å². The van der Waals surface area contributed by atoms with E-state index in [9.17, 15) is 14.9 Å². The largest absolute Gasteiger partial charge is 0.493 e. The second-order valence-corrected chi connectivity index (χ2v) is 11.0. The fraction of sp³-hybridized carbons (Fsp3) is 0.139. The smallest absolute Gasteiger partial charge is 0.269 e. The number of nitro benzene ring substituents is 1.